The van der Waals surface area contributed by atoms with E-state index in [0.29, 0.717) is 6.67 Å². The average molecular weight is 151 g/mol. The molecule has 4 N–H and O–H groups in total. The summed E-state index contributed by atoms with van der Waals surface area (Å²) in [4.78, 5) is 0. The average Bonchev–Trinajstić information content (AvgIpc) is 2.03. The minimum Gasteiger partial charge on any atom is -0.371 e. The smallest absolute Gasteiger partial charge is 0.0780 e. The van der Waals surface area contributed by atoms with Gasteiger partial charge in [-0.25, -0.2) is 5.43 Å². The zero-order chi connectivity index (χ0) is 8.10. The van der Waals surface area contributed by atoms with Crippen molar-refractivity contribution in [2.45, 2.75) is 6.92 Å². The van der Waals surface area contributed by atoms with Gasteiger partial charge < -0.3 is 5.32 Å². The molecule has 0 saturated heterocycles. The lowest BCUT2D eigenvalue weighted by Gasteiger charge is -2.07. The molecule has 3 nitrogen and oxygen atoms in total. The molecule has 0 fully saturated rings. The summed E-state index contributed by atoms with van der Waals surface area (Å²) in [6.45, 7) is 2.64. The number of rotatable bonds is 3. The molecule has 0 aliphatic heterocycles. The first-order valence-electron chi connectivity index (χ1n) is 3.57. The van der Waals surface area contributed by atoms with Gasteiger partial charge in [-0.05, 0) is 18.6 Å². The maximum Gasteiger partial charge on any atom is 0.0780 e. The highest BCUT2D eigenvalue weighted by atomic mass is 15.3. The van der Waals surface area contributed by atoms with Crippen LogP contribution >= 0.6 is 0 Å². The van der Waals surface area contributed by atoms with Crippen LogP contribution in [0.4, 0.5) is 5.69 Å². The molecule has 0 saturated carbocycles. The zero-order valence-electron chi connectivity index (χ0n) is 6.59. The first kappa shape index (κ1) is 8.04. The van der Waals surface area contributed by atoms with Crippen LogP contribution in [0.5, 0.6) is 0 Å². The van der Waals surface area contributed by atoms with Crippen molar-refractivity contribution in [1.29, 1.82) is 0 Å². The van der Waals surface area contributed by atoms with Gasteiger partial charge in [-0.3, -0.25) is 5.84 Å². The maximum absolute atomic E-state index is 5.11. The van der Waals surface area contributed by atoms with Crippen LogP contribution in [-0.4, -0.2) is 6.67 Å². The molecule has 0 atom stereocenters. The largest absolute Gasteiger partial charge is 0.371 e. The van der Waals surface area contributed by atoms with E-state index in [1.54, 1.807) is 0 Å². The third-order valence-electron chi connectivity index (χ3n) is 1.53. The Hall–Kier alpha value is -1.06. The SMILES string of the molecule is Cc1ccccc1NCNN. The summed E-state index contributed by atoms with van der Waals surface area (Å²) in [5.41, 5.74) is 4.87. The van der Waals surface area contributed by atoms with Crippen molar-refractivity contribution in [3.05, 3.63) is 29.8 Å². The topological polar surface area (TPSA) is 50.1 Å². The predicted molar refractivity (Wildman–Crippen MR) is 47.0 cm³/mol. The molecule has 3 heteroatoms. The van der Waals surface area contributed by atoms with Crippen molar-refractivity contribution in [2.24, 2.45) is 5.84 Å². The van der Waals surface area contributed by atoms with Crippen molar-refractivity contribution in [3.8, 4) is 0 Å². The highest BCUT2D eigenvalue weighted by molar-refractivity contribution is 5.49. The highest BCUT2D eigenvalue weighted by Crippen LogP contribution is 2.11. The molecule has 1 aromatic carbocycles. The number of aryl methyl sites for hydroxylation is 1. The lowest BCUT2D eigenvalue weighted by Crippen LogP contribution is -2.28. The second-order valence-electron chi connectivity index (χ2n) is 2.37. The summed E-state index contributed by atoms with van der Waals surface area (Å²) < 4.78 is 0. The number of nitrogens with one attached hydrogen (secondary N) is 2. The summed E-state index contributed by atoms with van der Waals surface area (Å²) in [6.07, 6.45) is 0. The third kappa shape index (κ3) is 2.22. The van der Waals surface area contributed by atoms with Gasteiger partial charge in [-0.15, -0.1) is 0 Å². The summed E-state index contributed by atoms with van der Waals surface area (Å²) in [7, 11) is 0. The van der Waals surface area contributed by atoms with E-state index in [0.717, 1.165) is 5.69 Å². The number of anilines is 1. The van der Waals surface area contributed by atoms with Crippen molar-refractivity contribution < 1.29 is 0 Å². The highest BCUT2D eigenvalue weighted by Gasteiger charge is 1.92. The Kier molecular flexibility index (Phi) is 2.89. The van der Waals surface area contributed by atoms with Gasteiger partial charge in [0.05, 0.1) is 6.67 Å². The minimum atomic E-state index is 0.588. The standard InChI is InChI=1S/C8H13N3/c1-7-4-2-3-5-8(7)10-6-11-9/h2-5,10-11H,6,9H2,1H3. The maximum atomic E-state index is 5.11. The van der Waals surface area contributed by atoms with Crippen LogP contribution in [0, 0.1) is 6.92 Å². The van der Waals surface area contributed by atoms with E-state index >= 15 is 0 Å². The Morgan fingerprint density at radius 1 is 1.36 bits per heavy atom. The number of hydrogen-bond donors (Lipinski definition) is 3. The van der Waals surface area contributed by atoms with Crippen molar-refractivity contribution in [3.63, 3.8) is 0 Å². The van der Waals surface area contributed by atoms with E-state index in [2.05, 4.69) is 23.7 Å². The fraction of sp³-hybridized carbons (Fsp3) is 0.250. The third-order valence-corrected chi connectivity index (χ3v) is 1.53. The van der Waals surface area contributed by atoms with Gasteiger partial charge >= 0.3 is 0 Å². The van der Waals surface area contributed by atoms with Gasteiger partial charge in [0.25, 0.3) is 0 Å². The van der Waals surface area contributed by atoms with Crippen molar-refractivity contribution >= 4 is 5.69 Å². The summed E-state index contributed by atoms with van der Waals surface area (Å²) in [5.74, 6) is 5.11. The van der Waals surface area contributed by atoms with Crippen LogP contribution in [0.25, 0.3) is 0 Å². The van der Waals surface area contributed by atoms with Crippen LogP contribution in [0.15, 0.2) is 24.3 Å². The van der Waals surface area contributed by atoms with Crippen LogP contribution in [0.1, 0.15) is 5.56 Å². The van der Waals surface area contributed by atoms with Crippen LogP contribution in [0.3, 0.4) is 0 Å². The molecule has 1 aromatic rings. The molecule has 0 aromatic heterocycles. The number of hydrazine groups is 1. The lowest BCUT2D eigenvalue weighted by molar-refractivity contribution is 0.789. The van der Waals surface area contributed by atoms with Gasteiger partial charge in [-0.2, -0.15) is 0 Å². The first-order valence-corrected chi connectivity index (χ1v) is 3.57. The van der Waals surface area contributed by atoms with Crippen molar-refractivity contribution in [2.75, 3.05) is 12.0 Å². The summed E-state index contributed by atoms with van der Waals surface area (Å²) >= 11 is 0. The van der Waals surface area contributed by atoms with E-state index in [-0.39, 0.29) is 0 Å². The first-order chi connectivity index (χ1) is 5.34. The normalized spacial score (nSPS) is 9.64. The predicted octanol–water partition coefficient (Wildman–Crippen LogP) is 0.828. The van der Waals surface area contributed by atoms with Crippen LogP contribution in [-0.2, 0) is 0 Å². The van der Waals surface area contributed by atoms with E-state index in [4.69, 9.17) is 5.84 Å². The van der Waals surface area contributed by atoms with Gasteiger partial charge in [0.2, 0.25) is 0 Å². The summed E-state index contributed by atoms with van der Waals surface area (Å²) in [6, 6.07) is 8.08. The molecular formula is C8H13N3. The van der Waals surface area contributed by atoms with Gasteiger partial charge in [0.1, 0.15) is 0 Å². The van der Waals surface area contributed by atoms with Crippen molar-refractivity contribution in [1.82, 2.24) is 5.43 Å². The van der Waals surface area contributed by atoms with Gasteiger partial charge in [-0.1, -0.05) is 18.2 Å². The van der Waals surface area contributed by atoms with E-state index in [9.17, 15) is 0 Å². The second kappa shape index (κ2) is 3.95. The van der Waals surface area contributed by atoms with E-state index in [1.165, 1.54) is 5.56 Å². The zero-order valence-corrected chi connectivity index (χ0v) is 6.59. The molecular weight excluding hydrogens is 138 g/mol. The molecule has 1 rings (SSSR count). The molecule has 0 bridgehead atoms. The molecule has 0 amide bonds. The molecule has 0 spiro atoms. The quantitative estimate of drug-likeness (QED) is 0.340. The van der Waals surface area contributed by atoms with Gasteiger partial charge in [0, 0.05) is 5.69 Å². The molecule has 0 unspecified atom stereocenters. The Bertz CT molecular complexity index is 222. The number of nitrogens with two attached hydrogens (primary N) is 1. The second-order valence-corrected chi connectivity index (χ2v) is 2.37. The molecule has 60 valence electrons. The summed E-state index contributed by atoms with van der Waals surface area (Å²) in [5, 5.41) is 3.13. The molecule has 0 aliphatic carbocycles. The minimum absolute atomic E-state index is 0.588. The molecule has 11 heavy (non-hydrogen) atoms. The van der Waals surface area contributed by atoms with E-state index < -0.39 is 0 Å². The monoisotopic (exact) mass is 151 g/mol. The Morgan fingerprint density at radius 2 is 2.09 bits per heavy atom. The fourth-order valence-electron chi connectivity index (χ4n) is 0.917. The molecule has 0 heterocycles. The Labute approximate surface area is 66.6 Å². The van der Waals surface area contributed by atoms with E-state index in [1.807, 2.05) is 18.2 Å². The number of hydrogen-bond acceptors (Lipinski definition) is 3. The number of benzene rings is 1. The Balaban J connectivity index is 2.62. The molecule has 0 radical (unpaired) electrons. The fourth-order valence-corrected chi connectivity index (χ4v) is 0.917. The van der Waals surface area contributed by atoms with Crippen LogP contribution < -0.4 is 16.6 Å². The lowest BCUT2D eigenvalue weighted by atomic mass is 10.2. The molecule has 0 aliphatic rings. The Morgan fingerprint density at radius 3 is 2.73 bits per heavy atom. The van der Waals surface area contributed by atoms with Crippen LogP contribution in [0.2, 0.25) is 0 Å². The van der Waals surface area contributed by atoms with Gasteiger partial charge in [0.15, 0.2) is 0 Å². The number of para-hydroxylation sites is 1.